The van der Waals surface area contributed by atoms with E-state index in [2.05, 4.69) is 18.8 Å². The van der Waals surface area contributed by atoms with Crippen molar-refractivity contribution in [2.75, 3.05) is 6.54 Å². The monoisotopic (exact) mass is 267 g/mol. The highest BCUT2D eigenvalue weighted by atomic mass is 14.8. The SMILES string of the molecule is CCCCC(=N)CCCCCCN=C(N)CCCC. The third-order valence-corrected chi connectivity index (χ3v) is 3.32. The van der Waals surface area contributed by atoms with Gasteiger partial charge in [-0.25, -0.2) is 0 Å². The molecule has 0 fully saturated rings. The molecule has 3 heteroatoms. The van der Waals surface area contributed by atoms with E-state index in [1.165, 1.54) is 32.1 Å². The van der Waals surface area contributed by atoms with Crippen molar-refractivity contribution in [3.8, 4) is 0 Å². The number of hydrogen-bond acceptors (Lipinski definition) is 2. The number of rotatable bonds is 13. The molecule has 0 saturated heterocycles. The fourth-order valence-electron chi connectivity index (χ4n) is 1.98. The Bertz CT molecular complexity index is 246. The van der Waals surface area contributed by atoms with Gasteiger partial charge in [0, 0.05) is 18.7 Å². The van der Waals surface area contributed by atoms with Crippen molar-refractivity contribution in [3.05, 3.63) is 0 Å². The third-order valence-electron chi connectivity index (χ3n) is 3.32. The second-order valence-electron chi connectivity index (χ2n) is 5.35. The summed E-state index contributed by atoms with van der Waals surface area (Å²) in [7, 11) is 0. The summed E-state index contributed by atoms with van der Waals surface area (Å²) in [5, 5.41) is 7.79. The molecule has 0 atom stereocenters. The lowest BCUT2D eigenvalue weighted by Crippen LogP contribution is -2.11. The van der Waals surface area contributed by atoms with Gasteiger partial charge in [-0.15, -0.1) is 0 Å². The fourth-order valence-corrected chi connectivity index (χ4v) is 1.98. The zero-order valence-corrected chi connectivity index (χ0v) is 13.0. The van der Waals surface area contributed by atoms with Gasteiger partial charge in [-0.2, -0.15) is 0 Å². The molecule has 19 heavy (non-hydrogen) atoms. The van der Waals surface area contributed by atoms with E-state index in [0.29, 0.717) is 0 Å². The van der Waals surface area contributed by atoms with Crippen LogP contribution in [0.5, 0.6) is 0 Å². The Hall–Kier alpha value is -0.860. The minimum Gasteiger partial charge on any atom is -0.387 e. The van der Waals surface area contributed by atoms with E-state index in [-0.39, 0.29) is 0 Å². The van der Waals surface area contributed by atoms with E-state index in [0.717, 1.165) is 56.6 Å². The van der Waals surface area contributed by atoms with Gasteiger partial charge in [0.15, 0.2) is 0 Å². The average molecular weight is 267 g/mol. The van der Waals surface area contributed by atoms with E-state index in [1.807, 2.05) is 0 Å². The molecule has 3 N–H and O–H groups in total. The first-order chi connectivity index (χ1) is 9.20. The Morgan fingerprint density at radius 3 is 2.11 bits per heavy atom. The van der Waals surface area contributed by atoms with Crippen LogP contribution >= 0.6 is 0 Å². The normalized spacial score (nSPS) is 11.8. The van der Waals surface area contributed by atoms with E-state index >= 15 is 0 Å². The molecule has 0 radical (unpaired) electrons. The smallest absolute Gasteiger partial charge is 0.0937 e. The predicted octanol–water partition coefficient (Wildman–Crippen LogP) is 4.69. The highest BCUT2D eigenvalue weighted by molar-refractivity contribution is 5.81. The Balaban J connectivity index is 3.33. The van der Waals surface area contributed by atoms with E-state index < -0.39 is 0 Å². The predicted molar refractivity (Wildman–Crippen MR) is 86.4 cm³/mol. The number of nitrogens with one attached hydrogen (secondary N) is 1. The van der Waals surface area contributed by atoms with Gasteiger partial charge < -0.3 is 11.1 Å². The second-order valence-corrected chi connectivity index (χ2v) is 5.35. The van der Waals surface area contributed by atoms with Crippen LogP contribution in [0.25, 0.3) is 0 Å². The van der Waals surface area contributed by atoms with Crippen molar-refractivity contribution in [1.82, 2.24) is 0 Å². The zero-order chi connectivity index (χ0) is 14.3. The highest BCUT2D eigenvalue weighted by Gasteiger charge is 1.97. The summed E-state index contributed by atoms with van der Waals surface area (Å²) in [5.74, 6) is 0.822. The largest absolute Gasteiger partial charge is 0.387 e. The quantitative estimate of drug-likeness (QED) is 0.284. The zero-order valence-electron chi connectivity index (χ0n) is 13.0. The van der Waals surface area contributed by atoms with Crippen molar-refractivity contribution in [1.29, 1.82) is 5.41 Å². The standard InChI is InChI=1S/C16H33N3/c1-3-5-11-15(17)12-9-7-8-10-14-19-16(18)13-6-4-2/h17H,3-14H2,1-2H3,(H2,18,19). The lowest BCUT2D eigenvalue weighted by atomic mass is 10.1. The molecule has 0 aromatic heterocycles. The van der Waals surface area contributed by atoms with Crippen molar-refractivity contribution in [2.45, 2.75) is 84.5 Å². The number of nitrogens with two attached hydrogens (primary N) is 1. The molecule has 0 rings (SSSR count). The van der Waals surface area contributed by atoms with Crippen LogP contribution in [0.2, 0.25) is 0 Å². The van der Waals surface area contributed by atoms with Crippen LogP contribution in [0.1, 0.15) is 84.5 Å². The van der Waals surface area contributed by atoms with Crippen LogP contribution < -0.4 is 5.73 Å². The molecule has 0 aromatic rings. The Morgan fingerprint density at radius 1 is 0.842 bits per heavy atom. The number of nitrogens with zero attached hydrogens (tertiary/aromatic N) is 1. The Morgan fingerprint density at radius 2 is 1.42 bits per heavy atom. The molecule has 3 nitrogen and oxygen atoms in total. The summed E-state index contributed by atoms with van der Waals surface area (Å²) in [6.45, 7) is 5.23. The lowest BCUT2D eigenvalue weighted by Gasteiger charge is -2.03. The first-order valence-corrected chi connectivity index (χ1v) is 8.05. The van der Waals surface area contributed by atoms with E-state index in [9.17, 15) is 0 Å². The molecule has 0 spiro atoms. The van der Waals surface area contributed by atoms with Crippen molar-refractivity contribution < 1.29 is 0 Å². The molecule has 112 valence electrons. The van der Waals surface area contributed by atoms with Crippen molar-refractivity contribution >= 4 is 11.5 Å². The Labute approximate surface area is 119 Å². The van der Waals surface area contributed by atoms with Crippen LogP contribution in [0.15, 0.2) is 4.99 Å². The lowest BCUT2D eigenvalue weighted by molar-refractivity contribution is 0.654. The summed E-state index contributed by atoms with van der Waals surface area (Å²) in [4.78, 5) is 4.39. The average Bonchev–Trinajstić information content (AvgIpc) is 2.41. The summed E-state index contributed by atoms with van der Waals surface area (Å²) < 4.78 is 0. The van der Waals surface area contributed by atoms with E-state index in [4.69, 9.17) is 11.1 Å². The van der Waals surface area contributed by atoms with Gasteiger partial charge in [0.2, 0.25) is 0 Å². The van der Waals surface area contributed by atoms with Gasteiger partial charge in [-0.05, 0) is 38.5 Å². The van der Waals surface area contributed by atoms with E-state index in [1.54, 1.807) is 0 Å². The maximum absolute atomic E-state index is 7.79. The van der Waals surface area contributed by atoms with Gasteiger partial charge in [0.25, 0.3) is 0 Å². The number of hydrogen-bond donors (Lipinski definition) is 2. The fraction of sp³-hybridized carbons (Fsp3) is 0.875. The number of unbranched alkanes of at least 4 members (excludes halogenated alkanes) is 5. The molecule has 0 bridgehead atoms. The molecule has 0 amide bonds. The van der Waals surface area contributed by atoms with Crippen LogP contribution in [0.3, 0.4) is 0 Å². The minimum absolute atomic E-state index is 0.822. The van der Waals surface area contributed by atoms with Crippen LogP contribution in [-0.2, 0) is 0 Å². The summed E-state index contributed by atoms with van der Waals surface area (Å²) in [6.07, 6.45) is 12.4. The molecule has 0 aliphatic carbocycles. The van der Waals surface area contributed by atoms with Crippen molar-refractivity contribution in [3.63, 3.8) is 0 Å². The second kappa shape index (κ2) is 13.6. The first kappa shape index (κ1) is 18.1. The highest BCUT2D eigenvalue weighted by Crippen LogP contribution is 2.07. The van der Waals surface area contributed by atoms with Gasteiger partial charge in [0.05, 0.1) is 5.84 Å². The molecule has 0 aromatic carbocycles. The third kappa shape index (κ3) is 13.4. The van der Waals surface area contributed by atoms with Crippen molar-refractivity contribution in [2.24, 2.45) is 10.7 Å². The summed E-state index contributed by atoms with van der Waals surface area (Å²) >= 11 is 0. The maximum Gasteiger partial charge on any atom is 0.0937 e. The molecular formula is C16H33N3. The van der Waals surface area contributed by atoms with Gasteiger partial charge in [0.1, 0.15) is 0 Å². The van der Waals surface area contributed by atoms with Crippen LogP contribution in [0, 0.1) is 5.41 Å². The summed E-state index contributed by atoms with van der Waals surface area (Å²) in [6, 6.07) is 0. The topological polar surface area (TPSA) is 62.2 Å². The van der Waals surface area contributed by atoms with Gasteiger partial charge in [-0.3, -0.25) is 4.99 Å². The molecule has 0 saturated carbocycles. The molecule has 0 heterocycles. The van der Waals surface area contributed by atoms with Gasteiger partial charge in [-0.1, -0.05) is 39.5 Å². The molecular weight excluding hydrogens is 234 g/mol. The molecule has 0 unspecified atom stereocenters. The van der Waals surface area contributed by atoms with Crippen LogP contribution in [-0.4, -0.2) is 18.1 Å². The van der Waals surface area contributed by atoms with Crippen LogP contribution in [0.4, 0.5) is 0 Å². The summed E-state index contributed by atoms with van der Waals surface area (Å²) in [5.41, 5.74) is 6.74. The number of amidine groups is 1. The molecule has 0 aliphatic heterocycles. The molecule has 0 aliphatic rings. The first-order valence-electron chi connectivity index (χ1n) is 8.05. The Kier molecular flexibility index (Phi) is 13.0. The maximum atomic E-state index is 7.79. The van der Waals surface area contributed by atoms with Gasteiger partial charge >= 0.3 is 0 Å². The number of aliphatic imine (C=N–C) groups is 1. The minimum atomic E-state index is 0.822.